The summed E-state index contributed by atoms with van der Waals surface area (Å²) >= 11 is 1.88. The van der Waals surface area contributed by atoms with Crippen molar-refractivity contribution in [3.63, 3.8) is 0 Å². The van der Waals surface area contributed by atoms with Gasteiger partial charge in [-0.25, -0.2) is 0 Å². The van der Waals surface area contributed by atoms with E-state index >= 15 is 0 Å². The van der Waals surface area contributed by atoms with Crippen molar-refractivity contribution in [2.45, 2.75) is 49.7 Å². The molecule has 0 saturated heterocycles. The molecule has 0 N–H and O–H groups in total. The molecule has 0 heterocycles. The Balaban J connectivity index is 2.05. The van der Waals surface area contributed by atoms with E-state index in [-0.39, 0.29) is 0 Å². The molecule has 1 aliphatic carbocycles. The van der Waals surface area contributed by atoms with E-state index in [2.05, 4.69) is 32.0 Å². The quantitative estimate of drug-likeness (QED) is 0.772. The summed E-state index contributed by atoms with van der Waals surface area (Å²) in [7, 11) is 0. The summed E-state index contributed by atoms with van der Waals surface area (Å²) in [6.45, 7) is 4.27. The lowest BCUT2D eigenvalue weighted by atomic mass is 9.99. The zero-order valence-electron chi connectivity index (χ0n) is 9.95. The van der Waals surface area contributed by atoms with Crippen molar-refractivity contribution < 1.29 is 4.79 Å². The van der Waals surface area contributed by atoms with Crippen molar-refractivity contribution >= 4 is 17.5 Å². The Morgan fingerprint density at radius 2 is 2.12 bits per heavy atom. The van der Waals surface area contributed by atoms with Crippen molar-refractivity contribution in [1.82, 2.24) is 0 Å². The first-order valence-electron chi connectivity index (χ1n) is 5.91. The van der Waals surface area contributed by atoms with Crippen LogP contribution in [0.2, 0.25) is 0 Å². The second kappa shape index (κ2) is 5.05. The molecule has 2 heteroatoms. The smallest absolute Gasteiger partial charge is 0.134 e. The molecule has 1 aliphatic rings. The Hall–Kier alpha value is -0.760. The van der Waals surface area contributed by atoms with Crippen molar-refractivity contribution in [1.29, 1.82) is 0 Å². The minimum Gasteiger partial charge on any atom is -0.300 e. The summed E-state index contributed by atoms with van der Waals surface area (Å²) < 4.78 is 0. The Bertz CT molecular complexity index is 398. The number of hydrogen-bond donors (Lipinski definition) is 0. The van der Waals surface area contributed by atoms with Crippen LogP contribution in [0.4, 0.5) is 0 Å². The second-order valence-electron chi connectivity index (χ2n) is 4.64. The molecule has 0 spiro atoms. The van der Waals surface area contributed by atoms with Gasteiger partial charge in [-0.1, -0.05) is 17.7 Å². The molecular weight excluding hydrogens is 216 g/mol. The van der Waals surface area contributed by atoms with E-state index < -0.39 is 0 Å². The number of benzene rings is 1. The van der Waals surface area contributed by atoms with Crippen LogP contribution in [0.3, 0.4) is 0 Å². The average molecular weight is 234 g/mol. The molecule has 1 fully saturated rings. The molecule has 0 bridgehead atoms. The predicted molar refractivity (Wildman–Crippen MR) is 69.0 cm³/mol. The van der Waals surface area contributed by atoms with E-state index in [1.54, 1.807) is 0 Å². The summed E-state index contributed by atoms with van der Waals surface area (Å²) in [6.07, 6.45) is 3.81. The summed E-state index contributed by atoms with van der Waals surface area (Å²) in [4.78, 5) is 12.7. The first-order chi connectivity index (χ1) is 7.65. The van der Waals surface area contributed by atoms with Gasteiger partial charge in [-0.3, -0.25) is 4.79 Å². The van der Waals surface area contributed by atoms with E-state index in [0.717, 1.165) is 19.3 Å². The maximum atomic E-state index is 11.4. The zero-order valence-corrected chi connectivity index (χ0v) is 10.8. The van der Waals surface area contributed by atoms with Crippen LogP contribution in [0.5, 0.6) is 0 Å². The molecule has 2 rings (SSSR count). The van der Waals surface area contributed by atoms with Gasteiger partial charge in [0.15, 0.2) is 0 Å². The standard InChI is InChI=1S/C14H18OS/c1-10-6-7-14(11(2)8-10)16-13-5-3-4-12(15)9-13/h6-8,13H,3-5,9H2,1-2H3/t13-/m0/s1. The van der Waals surface area contributed by atoms with Gasteiger partial charge in [-0.2, -0.15) is 0 Å². The van der Waals surface area contributed by atoms with Crippen LogP contribution in [0.15, 0.2) is 23.1 Å². The van der Waals surface area contributed by atoms with Crippen molar-refractivity contribution in [3.05, 3.63) is 29.3 Å². The summed E-state index contributed by atoms with van der Waals surface area (Å²) in [6, 6.07) is 6.56. The molecule has 16 heavy (non-hydrogen) atoms. The zero-order chi connectivity index (χ0) is 11.5. The van der Waals surface area contributed by atoms with Gasteiger partial charge in [0.1, 0.15) is 5.78 Å². The lowest BCUT2D eigenvalue weighted by Crippen LogP contribution is -2.16. The van der Waals surface area contributed by atoms with Crippen LogP contribution in [-0.2, 0) is 4.79 Å². The van der Waals surface area contributed by atoms with Crippen LogP contribution in [0.25, 0.3) is 0 Å². The third kappa shape index (κ3) is 2.88. The highest BCUT2D eigenvalue weighted by Gasteiger charge is 2.20. The molecule has 0 amide bonds. The first kappa shape index (κ1) is 11.7. The van der Waals surface area contributed by atoms with Gasteiger partial charge in [0, 0.05) is 23.0 Å². The minimum absolute atomic E-state index is 0.438. The largest absolute Gasteiger partial charge is 0.300 e. The molecule has 0 aliphatic heterocycles. The lowest BCUT2D eigenvalue weighted by Gasteiger charge is -2.21. The third-order valence-electron chi connectivity index (χ3n) is 3.06. The number of carbonyl (C=O) groups is 1. The number of thioether (sulfide) groups is 1. The average Bonchev–Trinajstić information content (AvgIpc) is 2.22. The molecule has 0 radical (unpaired) electrons. The van der Waals surface area contributed by atoms with E-state index in [0.29, 0.717) is 11.0 Å². The highest BCUT2D eigenvalue weighted by Crippen LogP contribution is 2.34. The number of carbonyl (C=O) groups excluding carboxylic acids is 1. The SMILES string of the molecule is Cc1ccc(S[C@H]2CCCC(=O)C2)c(C)c1. The molecular formula is C14H18OS. The molecule has 0 aromatic heterocycles. The van der Waals surface area contributed by atoms with Crippen LogP contribution in [-0.4, -0.2) is 11.0 Å². The Morgan fingerprint density at radius 1 is 1.31 bits per heavy atom. The van der Waals surface area contributed by atoms with Crippen LogP contribution >= 0.6 is 11.8 Å². The van der Waals surface area contributed by atoms with E-state index in [9.17, 15) is 4.79 Å². The van der Waals surface area contributed by atoms with Gasteiger partial charge < -0.3 is 0 Å². The highest BCUT2D eigenvalue weighted by atomic mass is 32.2. The summed E-state index contributed by atoms with van der Waals surface area (Å²) in [5.74, 6) is 0.438. The fourth-order valence-electron chi connectivity index (χ4n) is 2.20. The van der Waals surface area contributed by atoms with E-state index in [1.807, 2.05) is 11.8 Å². The Labute approximate surface area is 102 Å². The molecule has 86 valence electrons. The normalized spacial score (nSPS) is 21.1. The highest BCUT2D eigenvalue weighted by molar-refractivity contribution is 8.00. The number of ketones is 1. The van der Waals surface area contributed by atoms with Gasteiger partial charge in [-0.05, 0) is 38.3 Å². The molecule has 1 nitrogen and oxygen atoms in total. The van der Waals surface area contributed by atoms with Gasteiger partial charge >= 0.3 is 0 Å². The second-order valence-corrected chi connectivity index (χ2v) is 5.99. The maximum absolute atomic E-state index is 11.4. The molecule has 1 aromatic carbocycles. The number of aryl methyl sites for hydroxylation is 2. The van der Waals surface area contributed by atoms with E-state index in [4.69, 9.17) is 0 Å². The van der Waals surface area contributed by atoms with Gasteiger partial charge in [0.05, 0.1) is 0 Å². The predicted octanol–water partition coefficient (Wildman–Crippen LogP) is 3.91. The Morgan fingerprint density at radius 3 is 2.81 bits per heavy atom. The fourth-order valence-corrected chi connectivity index (χ4v) is 3.50. The number of Topliss-reactive ketones (excluding diaryl/α,β-unsaturated/α-hetero) is 1. The molecule has 1 saturated carbocycles. The van der Waals surface area contributed by atoms with Gasteiger partial charge in [-0.15, -0.1) is 11.8 Å². The number of rotatable bonds is 2. The third-order valence-corrected chi connectivity index (χ3v) is 4.51. The van der Waals surface area contributed by atoms with Crippen molar-refractivity contribution in [3.8, 4) is 0 Å². The first-order valence-corrected chi connectivity index (χ1v) is 6.79. The molecule has 1 atom stereocenters. The molecule has 0 unspecified atom stereocenters. The fraction of sp³-hybridized carbons (Fsp3) is 0.500. The van der Waals surface area contributed by atoms with Gasteiger partial charge in [0.25, 0.3) is 0 Å². The minimum atomic E-state index is 0.438. The van der Waals surface area contributed by atoms with Crippen LogP contribution < -0.4 is 0 Å². The lowest BCUT2D eigenvalue weighted by molar-refractivity contribution is -0.120. The Kier molecular flexibility index (Phi) is 3.70. The van der Waals surface area contributed by atoms with Crippen LogP contribution in [0, 0.1) is 13.8 Å². The van der Waals surface area contributed by atoms with Crippen molar-refractivity contribution in [2.24, 2.45) is 0 Å². The topological polar surface area (TPSA) is 17.1 Å². The van der Waals surface area contributed by atoms with Gasteiger partial charge in [0.2, 0.25) is 0 Å². The van der Waals surface area contributed by atoms with E-state index in [1.165, 1.54) is 22.4 Å². The monoisotopic (exact) mass is 234 g/mol. The molecule has 1 aromatic rings. The van der Waals surface area contributed by atoms with Crippen molar-refractivity contribution in [2.75, 3.05) is 0 Å². The summed E-state index contributed by atoms with van der Waals surface area (Å²) in [5.41, 5.74) is 2.64. The van der Waals surface area contributed by atoms with Crippen LogP contribution in [0.1, 0.15) is 36.8 Å². The maximum Gasteiger partial charge on any atom is 0.134 e. The number of hydrogen-bond acceptors (Lipinski definition) is 2. The summed E-state index contributed by atoms with van der Waals surface area (Å²) in [5, 5.41) is 0.502.